The minimum Gasteiger partial charge on any atom is -0.333 e. The van der Waals surface area contributed by atoms with Gasteiger partial charge < -0.3 is 10.6 Å². The molecule has 0 radical (unpaired) electrons. The van der Waals surface area contributed by atoms with E-state index >= 15 is 0 Å². The van der Waals surface area contributed by atoms with Crippen molar-refractivity contribution in [3.8, 4) is 0 Å². The summed E-state index contributed by atoms with van der Waals surface area (Å²) in [6.45, 7) is 1.89. The molecule has 2 aliphatic heterocycles. The predicted octanol–water partition coefficient (Wildman–Crippen LogP) is -1.46. The van der Waals surface area contributed by atoms with E-state index in [9.17, 15) is 4.79 Å². The van der Waals surface area contributed by atoms with Gasteiger partial charge >= 0.3 is 0 Å². The second kappa shape index (κ2) is 2.53. The molecule has 2 atom stereocenters. The fourth-order valence-electron chi connectivity index (χ4n) is 1.54. The van der Waals surface area contributed by atoms with Crippen LogP contribution >= 0.6 is 0 Å². The molecule has 2 rings (SSSR count). The number of aliphatic imine (C=N–C) groups is 2. The van der Waals surface area contributed by atoms with Crippen molar-refractivity contribution in [1.29, 1.82) is 0 Å². The lowest BCUT2D eigenvalue weighted by atomic mass is 9.94. The van der Waals surface area contributed by atoms with Crippen LogP contribution in [0, 0.1) is 0 Å². The Bertz CT molecular complexity index is 310. The van der Waals surface area contributed by atoms with Crippen molar-refractivity contribution in [2.75, 3.05) is 0 Å². The summed E-state index contributed by atoms with van der Waals surface area (Å²) >= 11 is 0. The Labute approximate surface area is 75.3 Å². The molecule has 6 heteroatoms. The lowest BCUT2D eigenvalue weighted by Gasteiger charge is -2.29. The van der Waals surface area contributed by atoms with Crippen molar-refractivity contribution in [3.05, 3.63) is 0 Å². The van der Waals surface area contributed by atoms with Crippen molar-refractivity contribution in [2.45, 2.75) is 25.2 Å². The van der Waals surface area contributed by atoms with Gasteiger partial charge in [0.1, 0.15) is 5.84 Å². The SMILES string of the molecule is CCC12N=CNC1=NC(N)NC2=O. The predicted molar refractivity (Wildman–Crippen MR) is 48.2 cm³/mol. The zero-order valence-electron chi connectivity index (χ0n) is 7.24. The first-order valence-electron chi connectivity index (χ1n) is 4.14. The van der Waals surface area contributed by atoms with Gasteiger partial charge in [0.05, 0.1) is 6.34 Å². The number of amidine groups is 1. The van der Waals surface area contributed by atoms with Crippen LogP contribution in [0.15, 0.2) is 9.98 Å². The van der Waals surface area contributed by atoms with E-state index in [2.05, 4.69) is 20.6 Å². The quantitative estimate of drug-likeness (QED) is 0.461. The number of carbonyl (C=O) groups excluding carboxylic acids is 1. The third kappa shape index (κ3) is 0.951. The molecule has 4 N–H and O–H groups in total. The molecule has 70 valence electrons. The normalized spacial score (nSPS) is 36.3. The Kier molecular flexibility index (Phi) is 1.59. The molecule has 0 aromatic rings. The maximum Gasteiger partial charge on any atom is 0.258 e. The third-order valence-electron chi connectivity index (χ3n) is 2.31. The Hall–Kier alpha value is -1.43. The molecule has 13 heavy (non-hydrogen) atoms. The molecule has 0 spiro atoms. The first kappa shape index (κ1) is 8.18. The number of nitrogens with zero attached hydrogens (tertiary/aromatic N) is 2. The van der Waals surface area contributed by atoms with E-state index in [0.717, 1.165) is 0 Å². The summed E-state index contributed by atoms with van der Waals surface area (Å²) in [5.74, 6) is 0.361. The van der Waals surface area contributed by atoms with Crippen molar-refractivity contribution < 1.29 is 4.79 Å². The molecule has 0 bridgehead atoms. The third-order valence-corrected chi connectivity index (χ3v) is 2.31. The highest BCUT2D eigenvalue weighted by Gasteiger charge is 2.47. The minimum atomic E-state index is -0.851. The number of hydrogen-bond acceptors (Lipinski definition) is 5. The Morgan fingerprint density at radius 3 is 3.23 bits per heavy atom. The highest BCUT2D eigenvalue weighted by molar-refractivity contribution is 6.19. The molecule has 0 aliphatic carbocycles. The van der Waals surface area contributed by atoms with Crippen molar-refractivity contribution in [3.63, 3.8) is 0 Å². The van der Waals surface area contributed by atoms with Crippen LogP contribution in [0.1, 0.15) is 13.3 Å². The summed E-state index contributed by atoms with van der Waals surface area (Å²) in [6.07, 6.45) is 1.41. The molecular weight excluding hydrogens is 170 g/mol. The Balaban J connectivity index is 2.45. The number of fused-ring (bicyclic) bond motifs is 1. The number of hydrogen-bond donors (Lipinski definition) is 3. The fourth-order valence-corrected chi connectivity index (χ4v) is 1.54. The second-order valence-corrected chi connectivity index (χ2v) is 3.01. The van der Waals surface area contributed by atoms with Gasteiger partial charge in [-0.3, -0.25) is 15.5 Å². The molecular formula is C7H11N5O. The Morgan fingerprint density at radius 1 is 1.77 bits per heavy atom. The molecule has 1 amide bonds. The van der Waals surface area contributed by atoms with Gasteiger partial charge in [0.15, 0.2) is 11.8 Å². The van der Waals surface area contributed by atoms with Crippen molar-refractivity contribution in [2.24, 2.45) is 15.7 Å². The largest absolute Gasteiger partial charge is 0.333 e. The molecule has 0 aromatic carbocycles. The molecule has 6 nitrogen and oxygen atoms in total. The highest BCUT2D eigenvalue weighted by Crippen LogP contribution is 2.23. The summed E-state index contributed by atoms with van der Waals surface area (Å²) in [4.78, 5) is 19.8. The lowest BCUT2D eigenvalue weighted by Crippen LogP contribution is -2.60. The standard InChI is InChI=1S/C7H11N5O/c1-2-7-4(9-3-10-7)11-6(8)12-5(7)13/h3,6H,2,8H2,1H3,(H,12,13)(H,9,10,11). The van der Waals surface area contributed by atoms with Crippen LogP contribution in [0.25, 0.3) is 0 Å². The maximum atomic E-state index is 11.6. The molecule has 2 aliphatic rings. The number of nitrogens with one attached hydrogen (secondary N) is 2. The maximum absolute atomic E-state index is 11.6. The topological polar surface area (TPSA) is 91.9 Å². The van der Waals surface area contributed by atoms with E-state index < -0.39 is 11.8 Å². The van der Waals surface area contributed by atoms with E-state index in [1.807, 2.05) is 6.92 Å². The van der Waals surface area contributed by atoms with E-state index in [1.165, 1.54) is 6.34 Å². The first-order valence-corrected chi connectivity index (χ1v) is 4.14. The van der Waals surface area contributed by atoms with Gasteiger partial charge in [-0.15, -0.1) is 0 Å². The fraction of sp³-hybridized carbons (Fsp3) is 0.571. The van der Waals surface area contributed by atoms with Gasteiger partial charge in [-0.25, -0.2) is 4.99 Å². The van der Waals surface area contributed by atoms with E-state index in [0.29, 0.717) is 12.3 Å². The summed E-state index contributed by atoms with van der Waals surface area (Å²) in [7, 11) is 0. The van der Waals surface area contributed by atoms with Crippen LogP contribution in [0.3, 0.4) is 0 Å². The Morgan fingerprint density at radius 2 is 2.54 bits per heavy atom. The lowest BCUT2D eigenvalue weighted by molar-refractivity contribution is -0.125. The van der Waals surface area contributed by atoms with E-state index in [4.69, 9.17) is 5.73 Å². The zero-order valence-corrected chi connectivity index (χ0v) is 7.24. The molecule has 0 saturated carbocycles. The van der Waals surface area contributed by atoms with Gasteiger partial charge in [0, 0.05) is 0 Å². The first-order chi connectivity index (χ1) is 6.19. The zero-order chi connectivity index (χ0) is 9.47. The second-order valence-electron chi connectivity index (χ2n) is 3.01. The number of rotatable bonds is 1. The van der Waals surface area contributed by atoms with Crippen LogP contribution in [-0.2, 0) is 4.79 Å². The smallest absolute Gasteiger partial charge is 0.258 e. The summed E-state index contributed by atoms with van der Waals surface area (Å²) in [5, 5.41) is 5.37. The number of nitrogens with two attached hydrogens (primary N) is 1. The van der Waals surface area contributed by atoms with Gasteiger partial charge in [-0.2, -0.15) is 0 Å². The summed E-state index contributed by atoms with van der Waals surface area (Å²) < 4.78 is 0. The van der Waals surface area contributed by atoms with Crippen LogP contribution in [0.2, 0.25) is 0 Å². The summed E-state index contributed by atoms with van der Waals surface area (Å²) in [5.41, 5.74) is 4.63. The van der Waals surface area contributed by atoms with Gasteiger partial charge in [-0.05, 0) is 6.42 Å². The van der Waals surface area contributed by atoms with Crippen molar-refractivity contribution in [1.82, 2.24) is 10.6 Å². The molecule has 0 aromatic heterocycles. The minimum absolute atomic E-state index is 0.186. The van der Waals surface area contributed by atoms with Gasteiger partial charge in [0.2, 0.25) is 0 Å². The highest BCUT2D eigenvalue weighted by atomic mass is 16.2. The van der Waals surface area contributed by atoms with Gasteiger partial charge in [0.25, 0.3) is 5.91 Å². The van der Waals surface area contributed by atoms with Crippen molar-refractivity contribution >= 4 is 18.1 Å². The molecule has 2 heterocycles. The van der Waals surface area contributed by atoms with E-state index in [1.54, 1.807) is 0 Å². The summed E-state index contributed by atoms with van der Waals surface area (Å²) in [6, 6.07) is 0. The van der Waals surface area contributed by atoms with Crippen LogP contribution in [0.5, 0.6) is 0 Å². The number of amides is 1. The van der Waals surface area contributed by atoms with Crippen LogP contribution in [-0.4, -0.2) is 29.9 Å². The number of carbonyl (C=O) groups is 1. The molecule has 0 fully saturated rings. The average molecular weight is 181 g/mol. The average Bonchev–Trinajstić information content (AvgIpc) is 2.48. The monoisotopic (exact) mass is 181 g/mol. The molecule has 2 unspecified atom stereocenters. The van der Waals surface area contributed by atoms with Crippen LogP contribution in [0.4, 0.5) is 0 Å². The van der Waals surface area contributed by atoms with E-state index in [-0.39, 0.29) is 5.91 Å². The van der Waals surface area contributed by atoms with Gasteiger partial charge in [-0.1, -0.05) is 6.92 Å². The molecule has 0 saturated heterocycles. The van der Waals surface area contributed by atoms with Crippen LogP contribution < -0.4 is 16.4 Å².